The lowest BCUT2D eigenvalue weighted by molar-refractivity contribution is 0.104. The van der Waals surface area contributed by atoms with Gasteiger partial charge < -0.3 is 15.8 Å². The van der Waals surface area contributed by atoms with Crippen molar-refractivity contribution in [1.82, 2.24) is 0 Å². The van der Waals surface area contributed by atoms with E-state index in [1.165, 1.54) is 69.1 Å². The van der Waals surface area contributed by atoms with E-state index in [4.69, 9.17) is 5.41 Å². The standard InChI is InChI=1S/C27H32N2O2/c1-2-3-4-5-18-6-8-19(9-7-18)20-10-12-21(13-11-20)29-24-16-14-22-25(30)17-15-23(28)26(22)27(24)31/h10-19,28-29,31H,2-9H2,1H3. The molecule has 0 aromatic heterocycles. The van der Waals surface area contributed by atoms with Gasteiger partial charge in [0.25, 0.3) is 0 Å². The Kier molecular flexibility index (Phi) is 6.55. The van der Waals surface area contributed by atoms with E-state index in [-0.39, 0.29) is 17.2 Å². The molecule has 3 N–H and O–H groups in total. The highest BCUT2D eigenvalue weighted by atomic mass is 16.3. The fraction of sp³-hybridized carbons (Fsp3) is 0.407. The van der Waals surface area contributed by atoms with Crippen molar-refractivity contribution in [3.63, 3.8) is 0 Å². The molecule has 2 aliphatic rings. The van der Waals surface area contributed by atoms with Crippen LogP contribution in [-0.4, -0.2) is 16.6 Å². The van der Waals surface area contributed by atoms with Crippen LogP contribution in [0, 0.1) is 11.3 Å². The Balaban J connectivity index is 1.40. The first kappa shape index (κ1) is 21.4. The Hall–Kier alpha value is -2.88. The van der Waals surface area contributed by atoms with Gasteiger partial charge in [-0.3, -0.25) is 4.79 Å². The minimum atomic E-state index is -0.183. The number of rotatable bonds is 7. The van der Waals surface area contributed by atoms with Gasteiger partial charge in [0, 0.05) is 11.3 Å². The SMILES string of the molecule is CCCCCC1CCC(c2ccc(Nc3ccc4c(c3O)C(=N)C=CC4=O)cc2)CC1. The van der Waals surface area contributed by atoms with E-state index in [0.717, 1.165) is 11.6 Å². The first-order valence-electron chi connectivity index (χ1n) is 11.6. The molecule has 1 saturated carbocycles. The molecular weight excluding hydrogens is 384 g/mol. The second kappa shape index (κ2) is 9.51. The average molecular weight is 417 g/mol. The molecule has 0 aliphatic heterocycles. The Morgan fingerprint density at radius 3 is 2.45 bits per heavy atom. The second-order valence-corrected chi connectivity index (χ2v) is 8.96. The number of allylic oxidation sites excluding steroid dienone is 2. The lowest BCUT2D eigenvalue weighted by atomic mass is 9.77. The molecule has 1 fully saturated rings. The molecule has 4 heteroatoms. The van der Waals surface area contributed by atoms with Crippen LogP contribution >= 0.6 is 0 Å². The molecule has 4 nitrogen and oxygen atoms in total. The normalized spacial score (nSPS) is 20.5. The highest BCUT2D eigenvalue weighted by molar-refractivity contribution is 6.24. The van der Waals surface area contributed by atoms with Gasteiger partial charge in [-0.05, 0) is 79.5 Å². The number of hydrogen-bond acceptors (Lipinski definition) is 4. The second-order valence-electron chi connectivity index (χ2n) is 8.96. The first-order valence-corrected chi connectivity index (χ1v) is 11.6. The van der Waals surface area contributed by atoms with Gasteiger partial charge in [-0.15, -0.1) is 0 Å². The number of carbonyl (C=O) groups is 1. The maximum atomic E-state index is 12.0. The fourth-order valence-corrected chi connectivity index (χ4v) is 4.96. The van der Waals surface area contributed by atoms with Gasteiger partial charge in [0.15, 0.2) is 5.78 Å². The lowest BCUT2D eigenvalue weighted by Gasteiger charge is -2.29. The lowest BCUT2D eigenvalue weighted by Crippen LogP contribution is -2.13. The number of unbranched alkanes of at least 4 members (excludes halogenated alkanes) is 2. The fourth-order valence-electron chi connectivity index (χ4n) is 4.96. The van der Waals surface area contributed by atoms with E-state index >= 15 is 0 Å². The summed E-state index contributed by atoms with van der Waals surface area (Å²) in [6.45, 7) is 2.27. The maximum absolute atomic E-state index is 12.0. The number of carbonyl (C=O) groups excluding carboxylic acids is 1. The zero-order chi connectivity index (χ0) is 21.8. The summed E-state index contributed by atoms with van der Waals surface area (Å²) in [6.07, 6.45) is 13.5. The molecule has 0 atom stereocenters. The molecule has 2 aromatic rings. The van der Waals surface area contributed by atoms with Crippen LogP contribution in [0.5, 0.6) is 5.75 Å². The molecule has 31 heavy (non-hydrogen) atoms. The van der Waals surface area contributed by atoms with Crippen molar-refractivity contribution < 1.29 is 9.90 Å². The highest BCUT2D eigenvalue weighted by Gasteiger charge is 2.23. The van der Waals surface area contributed by atoms with Gasteiger partial charge in [-0.1, -0.05) is 44.7 Å². The summed E-state index contributed by atoms with van der Waals surface area (Å²) in [7, 11) is 0. The van der Waals surface area contributed by atoms with Gasteiger partial charge in [0.05, 0.1) is 17.0 Å². The minimum Gasteiger partial charge on any atom is -0.505 e. The molecule has 0 bridgehead atoms. The highest BCUT2D eigenvalue weighted by Crippen LogP contribution is 2.39. The molecule has 0 spiro atoms. The molecule has 0 saturated heterocycles. The van der Waals surface area contributed by atoms with Crippen LogP contribution in [0.15, 0.2) is 48.6 Å². The van der Waals surface area contributed by atoms with Crippen LogP contribution in [0.3, 0.4) is 0 Å². The van der Waals surface area contributed by atoms with Crippen LogP contribution in [0.1, 0.15) is 85.7 Å². The summed E-state index contributed by atoms with van der Waals surface area (Å²) in [4.78, 5) is 12.0. The Bertz CT molecular complexity index is 983. The quantitative estimate of drug-likeness (QED) is 0.332. The van der Waals surface area contributed by atoms with Crippen molar-refractivity contribution in [2.24, 2.45) is 5.92 Å². The molecule has 4 rings (SSSR count). The zero-order valence-corrected chi connectivity index (χ0v) is 18.3. The molecule has 162 valence electrons. The first-order chi connectivity index (χ1) is 15.1. The van der Waals surface area contributed by atoms with E-state index in [2.05, 4.69) is 36.5 Å². The molecule has 2 aromatic carbocycles. The molecule has 2 aliphatic carbocycles. The van der Waals surface area contributed by atoms with E-state index in [0.29, 0.717) is 22.7 Å². The number of ketones is 1. The van der Waals surface area contributed by atoms with Crippen LogP contribution in [0.25, 0.3) is 0 Å². The Labute approximate surface area is 184 Å². The molecule has 0 amide bonds. The number of benzene rings is 2. The van der Waals surface area contributed by atoms with Gasteiger partial charge in [-0.2, -0.15) is 0 Å². The van der Waals surface area contributed by atoms with Crippen LogP contribution < -0.4 is 5.32 Å². The van der Waals surface area contributed by atoms with Crippen LogP contribution in [-0.2, 0) is 0 Å². The maximum Gasteiger partial charge on any atom is 0.186 e. The summed E-state index contributed by atoms with van der Waals surface area (Å²) in [5, 5.41) is 22.0. The summed E-state index contributed by atoms with van der Waals surface area (Å²) in [5.74, 6) is 1.33. The van der Waals surface area contributed by atoms with E-state index in [9.17, 15) is 9.90 Å². The predicted octanol–water partition coefficient (Wildman–Crippen LogP) is 7.11. The number of aromatic hydroxyl groups is 1. The summed E-state index contributed by atoms with van der Waals surface area (Å²) >= 11 is 0. The smallest absolute Gasteiger partial charge is 0.186 e. The Morgan fingerprint density at radius 1 is 1.00 bits per heavy atom. The number of phenols is 1. The van der Waals surface area contributed by atoms with Crippen molar-refractivity contribution in [2.45, 2.75) is 64.2 Å². The van der Waals surface area contributed by atoms with E-state index in [1.807, 2.05) is 0 Å². The summed E-state index contributed by atoms with van der Waals surface area (Å²) < 4.78 is 0. The number of fused-ring (bicyclic) bond motifs is 1. The molecule has 0 radical (unpaired) electrons. The Morgan fingerprint density at radius 2 is 1.74 bits per heavy atom. The van der Waals surface area contributed by atoms with Gasteiger partial charge in [-0.25, -0.2) is 0 Å². The molecular formula is C27H32N2O2. The van der Waals surface area contributed by atoms with E-state index in [1.54, 1.807) is 12.1 Å². The van der Waals surface area contributed by atoms with E-state index < -0.39 is 0 Å². The average Bonchev–Trinajstić information content (AvgIpc) is 2.79. The topological polar surface area (TPSA) is 73.2 Å². The molecule has 0 unspecified atom stereocenters. The third-order valence-corrected chi connectivity index (χ3v) is 6.84. The van der Waals surface area contributed by atoms with Crippen LogP contribution in [0.2, 0.25) is 0 Å². The number of phenolic OH excluding ortho intramolecular Hbond substituents is 1. The monoisotopic (exact) mass is 416 g/mol. The van der Waals surface area contributed by atoms with Crippen molar-refractivity contribution in [3.8, 4) is 5.75 Å². The van der Waals surface area contributed by atoms with Crippen molar-refractivity contribution in [2.75, 3.05) is 5.32 Å². The van der Waals surface area contributed by atoms with Crippen molar-refractivity contribution in [3.05, 3.63) is 65.2 Å². The van der Waals surface area contributed by atoms with Crippen molar-refractivity contribution >= 4 is 22.9 Å². The number of hydrogen-bond donors (Lipinski definition) is 3. The van der Waals surface area contributed by atoms with Gasteiger partial charge in [0.1, 0.15) is 5.75 Å². The summed E-state index contributed by atoms with van der Waals surface area (Å²) in [5.41, 5.74) is 3.60. The molecule has 0 heterocycles. The number of nitrogens with one attached hydrogen (secondary N) is 2. The predicted molar refractivity (Wildman–Crippen MR) is 127 cm³/mol. The minimum absolute atomic E-state index is 0.0503. The van der Waals surface area contributed by atoms with Crippen LogP contribution in [0.4, 0.5) is 11.4 Å². The third kappa shape index (κ3) is 4.73. The third-order valence-electron chi connectivity index (χ3n) is 6.84. The van der Waals surface area contributed by atoms with Gasteiger partial charge in [0.2, 0.25) is 0 Å². The van der Waals surface area contributed by atoms with Gasteiger partial charge >= 0.3 is 0 Å². The van der Waals surface area contributed by atoms with Crippen molar-refractivity contribution in [1.29, 1.82) is 5.41 Å². The summed E-state index contributed by atoms with van der Waals surface area (Å²) in [6, 6.07) is 11.9. The number of anilines is 2. The zero-order valence-electron chi connectivity index (χ0n) is 18.3. The largest absolute Gasteiger partial charge is 0.505 e.